The van der Waals surface area contributed by atoms with E-state index in [1.165, 1.54) is 17.8 Å². The first-order chi connectivity index (χ1) is 9.74. The fourth-order valence-corrected chi connectivity index (χ4v) is 3.93. The molecule has 1 heterocycles. The van der Waals surface area contributed by atoms with Gasteiger partial charge in [-0.05, 0) is 12.1 Å². The van der Waals surface area contributed by atoms with Crippen LogP contribution in [-0.2, 0) is 5.75 Å². The van der Waals surface area contributed by atoms with E-state index in [0.29, 0.717) is 5.75 Å². The van der Waals surface area contributed by atoms with Crippen molar-refractivity contribution in [2.75, 3.05) is 0 Å². The van der Waals surface area contributed by atoms with E-state index < -0.39 is 0 Å². The number of benzene rings is 2. The van der Waals surface area contributed by atoms with Crippen LogP contribution >= 0.6 is 40.1 Å². The maximum atomic E-state index is 11.0. The van der Waals surface area contributed by atoms with Crippen molar-refractivity contribution in [3.05, 3.63) is 64.2 Å². The lowest BCUT2D eigenvalue weighted by Gasteiger charge is -2.00. The number of thiazole rings is 1. The van der Waals surface area contributed by atoms with Crippen molar-refractivity contribution in [2.24, 2.45) is 0 Å². The van der Waals surface area contributed by atoms with Gasteiger partial charge in [0, 0.05) is 17.4 Å². The largest absolute Gasteiger partial charge is 0.273 e. The minimum Gasteiger partial charge on any atom is -0.258 e. The minimum atomic E-state index is -0.339. The molecule has 3 rings (SSSR count). The van der Waals surface area contributed by atoms with Crippen LogP contribution in [0.4, 0.5) is 5.69 Å². The van der Waals surface area contributed by atoms with Gasteiger partial charge in [0.05, 0.1) is 15.1 Å². The Morgan fingerprint density at radius 2 is 1.86 bits per heavy atom. The van der Waals surface area contributed by atoms with Gasteiger partial charge in [0.15, 0.2) is 4.34 Å². The maximum absolute atomic E-state index is 11.0. The molecule has 0 aliphatic rings. The van der Waals surface area contributed by atoms with Crippen LogP contribution in [0.5, 0.6) is 0 Å². The van der Waals surface area contributed by atoms with E-state index >= 15 is 0 Å². The van der Waals surface area contributed by atoms with E-state index in [9.17, 15) is 10.1 Å². The fraction of sp³-hybridized carbons (Fsp3) is 0.0714. The van der Waals surface area contributed by atoms with Crippen LogP contribution in [0, 0.1) is 10.1 Å². The van der Waals surface area contributed by atoms with Crippen molar-refractivity contribution < 1.29 is 4.92 Å². The molecule has 0 bridgehead atoms. The number of nitro groups is 1. The van der Waals surface area contributed by atoms with Crippen molar-refractivity contribution in [3.63, 3.8) is 0 Å². The summed E-state index contributed by atoms with van der Waals surface area (Å²) in [6.07, 6.45) is 0. The number of aromatic nitrogens is 1. The van der Waals surface area contributed by atoms with Crippen molar-refractivity contribution >= 4 is 56.0 Å². The molecule has 108 valence electrons. The molecule has 0 saturated heterocycles. The second-order valence-electron chi connectivity index (χ2n) is 4.12. The first kappa shape index (κ1) is 15.9. The van der Waals surface area contributed by atoms with Crippen LogP contribution in [0.3, 0.4) is 0 Å². The average molecular weight is 383 g/mol. The van der Waals surface area contributed by atoms with E-state index in [4.69, 9.17) is 0 Å². The highest BCUT2D eigenvalue weighted by atomic mass is 79.9. The summed E-state index contributed by atoms with van der Waals surface area (Å²) in [4.78, 5) is 15.1. The molecule has 3 aromatic rings. The Morgan fingerprint density at radius 3 is 2.62 bits per heavy atom. The zero-order valence-electron chi connectivity index (χ0n) is 10.8. The number of halogens is 1. The summed E-state index contributed by atoms with van der Waals surface area (Å²) in [5, 5.41) is 11.0. The third-order valence-electron chi connectivity index (χ3n) is 2.81. The molecule has 0 atom stereocenters. The SMILES string of the molecule is Br.O=[N+]([O-])c1ccccc1CSc1nc2ccccc2s1. The minimum absolute atomic E-state index is 0. The molecule has 0 spiro atoms. The van der Waals surface area contributed by atoms with E-state index in [1.54, 1.807) is 23.5 Å². The number of thioether (sulfide) groups is 1. The molecule has 0 N–H and O–H groups in total. The summed E-state index contributed by atoms with van der Waals surface area (Å²) >= 11 is 3.15. The molecule has 21 heavy (non-hydrogen) atoms. The summed E-state index contributed by atoms with van der Waals surface area (Å²) in [7, 11) is 0. The predicted octanol–water partition coefficient (Wildman–Crippen LogP) is 5.07. The van der Waals surface area contributed by atoms with Gasteiger partial charge in [-0.3, -0.25) is 10.1 Å². The molecule has 0 amide bonds. The van der Waals surface area contributed by atoms with Gasteiger partial charge in [-0.15, -0.1) is 28.3 Å². The predicted molar refractivity (Wildman–Crippen MR) is 92.6 cm³/mol. The summed E-state index contributed by atoms with van der Waals surface area (Å²) in [6.45, 7) is 0. The molecule has 4 nitrogen and oxygen atoms in total. The van der Waals surface area contributed by atoms with Crippen molar-refractivity contribution in [3.8, 4) is 0 Å². The average Bonchev–Trinajstić information content (AvgIpc) is 2.88. The second-order valence-corrected chi connectivity index (χ2v) is 6.38. The Balaban J connectivity index is 0.00000161. The van der Waals surface area contributed by atoms with Crippen LogP contribution in [0.15, 0.2) is 52.9 Å². The highest BCUT2D eigenvalue weighted by Gasteiger charge is 2.13. The van der Waals surface area contributed by atoms with E-state index in [0.717, 1.165) is 20.1 Å². The molecule has 0 saturated carbocycles. The Morgan fingerprint density at radius 1 is 1.14 bits per heavy atom. The quantitative estimate of drug-likeness (QED) is 0.358. The highest BCUT2D eigenvalue weighted by molar-refractivity contribution is 8.93. The van der Waals surface area contributed by atoms with Gasteiger partial charge in [0.2, 0.25) is 0 Å². The molecule has 0 radical (unpaired) electrons. The highest BCUT2D eigenvalue weighted by Crippen LogP contribution is 2.33. The van der Waals surface area contributed by atoms with Crippen molar-refractivity contribution in [2.45, 2.75) is 10.1 Å². The third kappa shape index (κ3) is 3.61. The number of nitrogens with zero attached hydrogens (tertiary/aromatic N) is 2. The fourth-order valence-electron chi connectivity index (χ4n) is 1.86. The van der Waals surface area contributed by atoms with E-state index in [-0.39, 0.29) is 27.6 Å². The van der Waals surface area contributed by atoms with Crippen LogP contribution in [0.25, 0.3) is 10.2 Å². The van der Waals surface area contributed by atoms with Gasteiger partial charge in [0.25, 0.3) is 5.69 Å². The van der Waals surface area contributed by atoms with Gasteiger partial charge in [-0.2, -0.15) is 0 Å². The number of nitro benzene ring substituents is 1. The van der Waals surface area contributed by atoms with Crippen LogP contribution < -0.4 is 0 Å². The van der Waals surface area contributed by atoms with Gasteiger partial charge < -0.3 is 0 Å². The number of hydrogen-bond acceptors (Lipinski definition) is 5. The van der Waals surface area contributed by atoms with Crippen LogP contribution in [0.1, 0.15) is 5.56 Å². The monoisotopic (exact) mass is 382 g/mol. The Hall–Kier alpha value is -1.44. The molecule has 0 aliphatic carbocycles. The summed E-state index contributed by atoms with van der Waals surface area (Å²) in [6, 6.07) is 14.8. The molecule has 0 aliphatic heterocycles. The van der Waals surface area contributed by atoms with Crippen molar-refractivity contribution in [1.29, 1.82) is 0 Å². The molecule has 0 fully saturated rings. The Labute approximate surface area is 140 Å². The van der Waals surface area contributed by atoms with Gasteiger partial charge in [-0.1, -0.05) is 42.1 Å². The second kappa shape index (κ2) is 7.02. The van der Waals surface area contributed by atoms with E-state index in [1.807, 2.05) is 30.3 Å². The normalized spacial score (nSPS) is 10.3. The lowest BCUT2D eigenvalue weighted by Crippen LogP contribution is -1.93. The first-order valence-electron chi connectivity index (χ1n) is 5.95. The Kier molecular flexibility index (Phi) is 5.33. The third-order valence-corrected chi connectivity index (χ3v) is 5.04. The number of rotatable bonds is 4. The summed E-state index contributed by atoms with van der Waals surface area (Å²) < 4.78 is 2.07. The zero-order chi connectivity index (χ0) is 13.9. The van der Waals surface area contributed by atoms with Crippen molar-refractivity contribution in [1.82, 2.24) is 4.98 Å². The molecular formula is C14H11BrN2O2S2. The lowest BCUT2D eigenvalue weighted by molar-refractivity contribution is -0.385. The summed E-state index contributed by atoms with van der Waals surface area (Å²) in [5.74, 6) is 0.553. The first-order valence-corrected chi connectivity index (χ1v) is 7.75. The number of para-hydroxylation sites is 2. The standard InChI is InChI=1S/C14H10N2O2S2.BrH/c17-16(18)12-7-3-1-5-10(12)9-19-14-15-11-6-2-4-8-13(11)20-14;/h1-8H,9H2;1H. The number of hydrogen-bond donors (Lipinski definition) is 0. The molecule has 0 unspecified atom stereocenters. The zero-order valence-corrected chi connectivity index (χ0v) is 14.1. The molecule has 2 aromatic carbocycles. The summed E-state index contributed by atoms with van der Waals surface area (Å²) in [5.41, 5.74) is 1.87. The van der Waals surface area contributed by atoms with Gasteiger partial charge in [-0.25, -0.2) is 4.98 Å². The van der Waals surface area contributed by atoms with E-state index in [2.05, 4.69) is 4.98 Å². The maximum Gasteiger partial charge on any atom is 0.273 e. The molecule has 7 heteroatoms. The van der Waals surface area contributed by atoms with Gasteiger partial charge in [0.1, 0.15) is 0 Å². The topological polar surface area (TPSA) is 56.0 Å². The number of fused-ring (bicyclic) bond motifs is 1. The Bertz CT molecular complexity index is 743. The van der Waals surface area contributed by atoms with Crippen LogP contribution in [-0.4, -0.2) is 9.91 Å². The van der Waals surface area contributed by atoms with Gasteiger partial charge >= 0.3 is 0 Å². The molecule has 1 aromatic heterocycles. The van der Waals surface area contributed by atoms with Crippen LogP contribution in [0.2, 0.25) is 0 Å². The lowest BCUT2D eigenvalue weighted by atomic mass is 10.2. The smallest absolute Gasteiger partial charge is 0.258 e. The molecular weight excluding hydrogens is 372 g/mol.